The highest BCUT2D eigenvalue weighted by Crippen LogP contribution is 2.28. The number of amides is 2. The third-order valence-electron chi connectivity index (χ3n) is 7.45. The molecule has 1 unspecified atom stereocenters. The molecule has 0 spiro atoms. The molecule has 0 fully saturated rings. The van der Waals surface area contributed by atoms with Crippen LogP contribution in [0, 0.1) is 12.7 Å². The number of carbonyl (C=O) groups is 2. The van der Waals surface area contributed by atoms with E-state index in [0.717, 1.165) is 34.3 Å². The minimum Gasteiger partial charge on any atom is -0.354 e. The van der Waals surface area contributed by atoms with Crippen LogP contribution in [0.5, 0.6) is 0 Å². The molecule has 2 amide bonds. The summed E-state index contributed by atoms with van der Waals surface area (Å²) in [5.41, 5.74) is 1.90. The molecule has 0 saturated carbocycles. The molecule has 0 radical (unpaired) electrons. The fourth-order valence-electron chi connectivity index (χ4n) is 4.90. The number of aryl methyl sites for hydroxylation is 1. The van der Waals surface area contributed by atoms with Crippen molar-refractivity contribution in [2.75, 3.05) is 17.4 Å². The van der Waals surface area contributed by atoms with Crippen LogP contribution in [0.1, 0.15) is 36.5 Å². The van der Waals surface area contributed by atoms with Gasteiger partial charge in [-0.25, -0.2) is 12.8 Å². The van der Waals surface area contributed by atoms with Gasteiger partial charge >= 0.3 is 0 Å². The predicted molar refractivity (Wildman–Crippen MR) is 181 cm³/mol. The van der Waals surface area contributed by atoms with Crippen molar-refractivity contribution in [1.29, 1.82) is 0 Å². The van der Waals surface area contributed by atoms with Gasteiger partial charge in [-0.3, -0.25) is 13.9 Å². The van der Waals surface area contributed by atoms with Crippen LogP contribution in [0.15, 0.2) is 102 Å². The summed E-state index contributed by atoms with van der Waals surface area (Å²) in [6.45, 7) is 3.35. The lowest BCUT2D eigenvalue weighted by Crippen LogP contribution is -2.53. The molecule has 0 saturated heterocycles. The maximum absolute atomic E-state index is 15.3. The number of hydrogen-bond donors (Lipinski definition) is 1. The predicted octanol–water partition coefficient (Wildman–Crippen LogP) is 7.19. The van der Waals surface area contributed by atoms with Crippen LogP contribution in [0.25, 0.3) is 0 Å². The number of unbranched alkanes of at least 4 members (excludes halogenated alkanes) is 1. The van der Waals surface area contributed by atoms with Crippen molar-refractivity contribution in [3.63, 3.8) is 0 Å². The average molecular weight is 685 g/mol. The highest BCUT2D eigenvalue weighted by atomic mass is 35.5. The number of rotatable bonds is 14. The van der Waals surface area contributed by atoms with Crippen molar-refractivity contribution in [1.82, 2.24) is 10.2 Å². The minimum atomic E-state index is -4.42. The molecule has 46 heavy (non-hydrogen) atoms. The molecule has 1 N–H and O–H groups in total. The molecule has 7 nitrogen and oxygen atoms in total. The zero-order chi connectivity index (χ0) is 33.3. The molecule has 0 bridgehead atoms. The Balaban J connectivity index is 1.81. The van der Waals surface area contributed by atoms with Crippen molar-refractivity contribution in [3.8, 4) is 0 Å². The Morgan fingerprint density at radius 2 is 1.54 bits per heavy atom. The van der Waals surface area contributed by atoms with Crippen LogP contribution in [0.2, 0.25) is 10.0 Å². The molecule has 0 aliphatic heterocycles. The SMILES string of the molecule is CCCCNC(=O)C(Cc1ccccc1)N(Cc1ccc(Cl)c(Cl)c1)C(=O)CN(c1ccccc1F)S(=O)(=O)c1ccc(C)cc1. The lowest BCUT2D eigenvalue weighted by atomic mass is 10.0. The highest BCUT2D eigenvalue weighted by molar-refractivity contribution is 7.92. The third-order valence-corrected chi connectivity index (χ3v) is 9.96. The third kappa shape index (κ3) is 8.87. The van der Waals surface area contributed by atoms with E-state index in [-0.39, 0.29) is 28.6 Å². The number of halogens is 3. The van der Waals surface area contributed by atoms with Crippen molar-refractivity contribution in [2.24, 2.45) is 0 Å². The van der Waals surface area contributed by atoms with E-state index in [1.165, 1.54) is 35.2 Å². The Hall–Kier alpha value is -3.92. The molecule has 0 aromatic heterocycles. The van der Waals surface area contributed by atoms with Gasteiger partial charge in [-0.2, -0.15) is 0 Å². The number of sulfonamides is 1. The van der Waals surface area contributed by atoms with Crippen LogP contribution in [0.4, 0.5) is 10.1 Å². The molecular formula is C35H36Cl2FN3O4S. The number of para-hydroxylation sites is 1. The summed E-state index contributed by atoms with van der Waals surface area (Å²) in [6.07, 6.45) is 1.74. The topological polar surface area (TPSA) is 86.8 Å². The molecule has 0 heterocycles. The van der Waals surface area contributed by atoms with Crippen LogP contribution in [-0.2, 0) is 32.6 Å². The molecule has 0 aliphatic rings. The second-order valence-electron chi connectivity index (χ2n) is 10.9. The Bertz CT molecular complexity index is 1760. The minimum absolute atomic E-state index is 0.0931. The van der Waals surface area contributed by atoms with E-state index in [9.17, 15) is 18.0 Å². The second kappa shape index (κ2) is 16.1. The number of nitrogens with one attached hydrogen (secondary N) is 1. The van der Waals surface area contributed by atoms with Gasteiger partial charge in [0.05, 0.1) is 20.6 Å². The number of nitrogens with zero attached hydrogens (tertiary/aromatic N) is 2. The van der Waals surface area contributed by atoms with Gasteiger partial charge in [-0.05, 0) is 60.9 Å². The fraction of sp³-hybridized carbons (Fsp3) is 0.257. The van der Waals surface area contributed by atoms with Crippen molar-refractivity contribution >= 4 is 50.7 Å². The summed E-state index contributed by atoms with van der Waals surface area (Å²) in [4.78, 5) is 29.5. The van der Waals surface area contributed by atoms with E-state index in [1.54, 1.807) is 30.3 Å². The highest BCUT2D eigenvalue weighted by Gasteiger charge is 2.35. The zero-order valence-corrected chi connectivity index (χ0v) is 28.0. The smallest absolute Gasteiger partial charge is 0.264 e. The van der Waals surface area contributed by atoms with E-state index >= 15 is 4.39 Å². The second-order valence-corrected chi connectivity index (χ2v) is 13.6. The first kappa shape index (κ1) is 34.9. The summed E-state index contributed by atoms with van der Waals surface area (Å²) in [5.74, 6) is -1.93. The van der Waals surface area contributed by atoms with Gasteiger partial charge in [-0.1, -0.05) is 103 Å². The Morgan fingerprint density at radius 3 is 2.20 bits per heavy atom. The van der Waals surface area contributed by atoms with E-state index in [1.807, 2.05) is 44.2 Å². The van der Waals surface area contributed by atoms with Gasteiger partial charge in [-0.15, -0.1) is 0 Å². The molecule has 4 rings (SSSR count). The zero-order valence-electron chi connectivity index (χ0n) is 25.6. The Morgan fingerprint density at radius 1 is 0.870 bits per heavy atom. The Labute approximate surface area is 280 Å². The van der Waals surface area contributed by atoms with Crippen molar-refractivity contribution in [3.05, 3.63) is 130 Å². The van der Waals surface area contributed by atoms with E-state index in [4.69, 9.17) is 23.2 Å². The maximum Gasteiger partial charge on any atom is 0.264 e. The number of hydrogen-bond acceptors (Lipinski definition) is 4. The van der Waals surface area contributed by atoms with Gasteiger partial charge in [0.1, 0.15) is 18.4 Å². The fourth-order valence-corrected chi connectivity index (χ4v) is 6.64. The van der Waals surface area contributed by atoms with Gasteiger partial charge in [0.15, 0.2) is 0 Å². The molecule has 4 aromatic rings. The normalized spacial score (nSPS) is 11.9. The molecular weight excluding hydrogens is 648 g/mol. The maximum atomic E-state index is 15.3. The molecule has 4 aromatic carbocycles. The number of anilines is 1. The first-order chi connectivity index (χ1) is 22.0. The summed E-state index contributed by atoms with van der Waals surface area (Å²) in [5, 5.41) is 3.50. The van der Waals surface area contributed by atoms with Crippen molar-refractivity contribution < 1.29 is 22.4 Å². The van der Waals surface area contributed by atoms with Crippen LogP contribution in [0.3, 0.4) is 0 Å². The monoisotopic (exact) mass is 683 g/mol. The largest absolute Gasteiger partial charge is 0.354 e. The number of benzene rings is 4. The van der Waals surface area contributed by atoms with Gasteiger partial charge in [0.2, 0.25) is 11.8 Å². The van der Waals surface area contributed by atoms with Crippen molar-refractivity contribution in [2.45, 2.75) is 50.6 Å². The molecule has 242 valence electrons. The summed E-state index contributed by atoms with van der Waals surface area (Å²) < 4.78 is 44.1. The summed E-state index contributed by atoms with van der Waals surface area (Å²) in [7, 11) is -4.42. The van der Waals surface area contributed by atoms with Gasteiger partial charge < -0.3 is 10.2 Å². The lowest BCUT2D eigenvalue weighted by Gasteiger charge is -2.34. The van der Waals surface area contributed by atoms with E-state index in [2.05, 4.69) is 5.32 Å². The first-order valence-electron chi connectivity index (χ1n) is 14.9. The molecule has 11 heteroatoms. The van der Waals surface area contributed by atoms with Gasteiger partial charge in [0, 0.05) is 19.5 Å². The van der Waals surface area contributed by atoms with Crippen LogP contribution >= 0.6 is 23.2 Å². The lowest BCUT2D eigenvalue weighted by molar-refractivity contribution is -0.140. The van der Waals surface area contributed by atoms with Gasteiger partial charge in [0.25, 0.3) is 10.0 Å². The number of carbonyl (C=O) groups excluding carboxylic acids is 2. The van der Waals surface area contributed by atoms with E-state index in [0.29, 0.717) is 17.1 Å². The quantitative estimate of drug-likeness (QED) is 0.143. The van der Waals surface area contributed by atoms with Crippen LogP contribution < -0.4 is 9.62 Å². The van der Waals surface area contributed by atoms with Crippen LogP contribution in [-0.4, -0.2) is 44.3 Å². The molecule has 0 aliphatic carbocycles. The summed E-state index contributed by atoms with van der Waals surface area (Å²) in [6, 6.07) is 24.5. The molecule has 1 atom stereocenters. The van der Waals surface area contributed by atoms with E-state index < -0.39 is 40.2 Å². The standard InChI is InChI=1S/C35H36Cl2FN3O4S/c1-3-4-20-39-35(43)33(22-26-10-6-5-7-11-26)40(23-27-16-19-29(36)30(37)21-27)34(42)24-41(32-13-9-8-12-31(32)38)46(44,45)28-17-14-25(2)15-18-28/h5-19,21,33H,3-4,20,22-24H2,1-2H3,(H,39,43). The first-order valence-corrected chi connectivity index (χ1v) is 17.1. The Kier molecular flexibility index (Phi) is 12.2. The average Bonchev–Trinajstić information content (AvgIpc) is 3.04. The summed E-state index contributed by atoms with van der Waals surface area (Å²) >= 11 is 12.5.